The Morgan fingerprint density at radius 1 is 1.18 bits per heavy atom. The second-order valence-electron chi connectivity index (χ2n) is 1.59. The molecule has 0 spiro atoms. The van der Waals surface area contributed by atoms with E-state index in [4.69, 9.17) is 33.6 Å². The summed E-state index contributed by atoms with van der Waals surface area (Å²) in [6, 6.07) is 0. The van der Waals surface area contributed by atoms with Gasteiger partial charge in [0, 0.05) is 0 Å². The van der Waals surface area contributed by atoms with Crippen LogP contribution in [0.2, 0.25) is 10.3 Å². The minimum atomic E-state index is -0.240. The Labute approximate surface area is 71.7 Å². The molecule has 11 heavy (non-hydrogen) atoms. The van der Waals surface area contributed by atoms with Gasteiger partial charge < -0.3 is 0 Å². The van der Waals surface area contributed by atoms with Crippen LogP contribution in [0, 0.1) is 0 Å². The van der Waals surface area contributed by atoms with Crippen molar-refractivity contribution in [3.63, 3.8) is 0 Å². The van der Waals surface area contributed by atoms with Gasteiger partial charge in [-0.1, -0.05) is 23.2 Å². The van der Waals surface area contributed by atoms with Crippen molar-refractivity contribution in [2.75, 3.05) is 5.23 Å². The maximum atomic E-state index is 8.53. The smallest absolute Gasteiger partial charge is 0.169 e. The normalized spacial score (nSPS) is 9.82. The average molecular weight is 196 g/mol. The first-order valence-electron chi connectivity index (χ1n) is 2.47. The summed E-state index contributed by atoms with van der Waals surface area (Å²) in [7, 11) is 0. The van der Waals surface area contributed by atoms with E-state index in [1.54, 1.807) is 0 Å². The molecule has 0 saturated heterocycles. The molecule has 0 unspecified atom stereocenters. The van der Waals surface area contributed by atoms with E-state index in [1.807, 2.05) is 0 Å². The zero-order chi connectivity index (χ0) is 8.43. The Balaban J connectivity index is 3.21. The third-order valence-electron chi connectivity index (χ3n) is 0.933. The lowest BCUT2D eigenvalue weighted by atomic mass is 10.5. The number of aromatic nitrogens is 2. The fraction of sp³-hybridized carbons (Fsp3) is 0. The fourth-order valence-electron chi connectivity index (χ4n) is 0.503. The minimum Gasteiger partial charge on any atom is -0.264 e. The molecule has 0 radical (unpaired) electrons. The summed E-state index contributed by atoms with van der Waals surface area (Å²) in [6.07, 6.45) is 1.11. The van der Waals surface area contributed by atoms with E-state index in [1.165, 1.54) is 0 Å². The van der Waals surface area contributed by atoms with Crippen LogP contribution < -0.4 is 5.23 Å². The molecule has 0 aromatic carbocycles. The molecule has 1 heterocycles. The van der Waals surface area contributed by atoms with Crippen molar-refractivity contribution in [3.05, 3.63) is 16.6 Å². The Morgan fingerprint density at radius 3 is 1.91 bits per heavy atom. The van der Waals surface area contributed by atoms with E-state index in [0.29, 0.717) is 0 Å². The van der Waals surface area contributed by atoms with Gasteiger partial charge in [-0.2, -0.15) is 0 Å². The third-order valence-corrected chi connectivity index (χ3v) is 1.49. The van der Waals surface area contributed by atoms with Crippen molar-refractivity contribution in [2.24, 2.45) is 0 Å². The number of rotatable bonds is 1. The van der Waals surface area contributed by atoms with Crippen LogP contribution in [-0.2, 0) is 0 Å². The van der Waals surface area contributed by atoms with Crippen molar-refractivity contribution >= 4 is 28.9 Å². The van der Waals surface area contributed by atoms with E-state index in [2.05, 4.69) is 9.97 Å². The maximum absolute atomic E-state index is 8.53. The Bertz CT molecular complexity index is 247. The van der Waals surface area contributed by atoms with Crippen LogP contribution in [0.5, 0.6) is 0 Å². The molecular formula is C4H3Cl2N3O2. The summed E-state index contributed by atoms with van der Waals surface area (Å²) < 4.78 is 0. The van der Waals surface area contributed by atoms with Crippen LogP contribution >= 0.6 is 23.2 Å². The molecular weight excluding hydrogens is 193 g/mol. The first-order chi connectivity index (χ1) is 5.13. The van der Waals surface area contributed by atoms with Gasteiger partial charge in [0.05, 0.1) is 0 Å². The SMILES string of the molecule is ON(O)c1c(Cl)ncnc1Cl. The third kappa shape index (κ3) is 1.69. The number of nitrogens with zero attached hydrogens (tertiary/aromatic N) is 3. The molecule has 0 fully saturated rings. The topological polar surface area (TPSA) is 69.5 Å². The lowest BCUT2D eigenvalue weighted by Gasteiger charge is -2.08. The Hall–Kier alpha value is -0.620. The second kappa shape index (κ2) is 3.19. The summed E-state index contributed by atoms with van der Waals surface area (Å²) in [5, 5.41) is 16.6. The highest BCUT2D eigenvalue weighted by Crippen LogP contribution is 2.27. The van der Waals surface area contributed by atoms with Gasteiger partial charge in [0.15, 0.2) is 16.0 Å². The van der Waals surface area contributed by atoms with E-state index in [9.17, 15) is 0 Å². The first kappa shape index (κ1) is 8.48. The van der Waals surface area contributed by atoms with Gasteiger partial charge in [0.25, 0.3) is 0 Å². The van der Waals surface area contributed by atoms with Gasteiger partial charge >= 0.3 is 0 Å². The summed E-state index contributed by atoms with van der Waals surface area (Å²) in [5.74, 6) is 0. The van der Waals surface area contributed by atoms with E-state index in [-0.39, 0.29) is 21.2 Å². The van der Waals surface area contributed by atoms with Gasteiger partial charge in [-0.15, -0.1) is 5.23 Å². The predicted molar refractivity (Wildman–Crippen MR) is 38.1 cm³/mol. The molecule has 7 heteroatoms. The van der Waals surface area contributed by atoms with E-state index >= 15 is 0 Å². The van der Waals surface area contributed by atoms with Gasteiger partial charge in [-0.25, -0.2) is 9.97 Å². The van der Waals surface area contributed by atoms with Crippen molar-refractivity contribution in [2.45, 2.75) is 0 Å². The van der Waals surface area contributed by atoms with Crippen LogP contribution in [0.4, 0.5) is 5.69 Å². The average Bonchev–Trinajstić information content (AvgIpc) is 1.85. The molecule has 0 aliphatic carbocycles. The van der Waals surface area contributed by atoms with Crippen molar-refractivity contribution in [3.8, 4) is 0 Å². The molecule has 1 aromatic heterocycles. The van der Waals surface area contributed by atoms with Gasteiger partial charge in [-0.3, -0.25) is 10.4 Å². The first-order valence-corrected chi connectivity index (χ1v) is 3.22. The molecule has 0 saturated carbocycles. The standard InChI is InChI=1S/C4H3Cl2N3O2/c5-3-2(9(10)11)4(6)8-1-7-3/h1,10-11H. The molecule has 2 N–H and O–H groups in total. The number of halogens is 2. The highest BCUT2D eigenvalue weighted by Gasteiger charge is 2.12. The summed E-state index contributed by atoms with van der Waals surface area (Å²) >= 11 is 10.9. The van der Waals surface area contributed by atoms with Crippen LogP contribution in [0.1, 0.15) is 0 Å². The van der Waals surface area contributed by atoms with Crippen molar-refractivity contribution in [1.29, 1.82) is 0 Å². The fourth-order valence-corrected chi connectivity index (χ4v) is 0.969. The van der Waals surface area contributed by atoms with Crippen LogP contribution in [0.25, 0.3) is 0 Å². The van der Waals surface area contributed by atoms with Gasteiger partial charge in [0.1, 0.15) is 6.33 Å². The Morgan fingerprint density at radius 2 is 1.64 bits per heavy atom. The summed E-state index contributed by atoms with van der Waals surface area (Å²) in [6.45, 7) is 0. The highest BCUT2D eigenvalue weighted by atomic mass is 35.5. The zero-order valence-corrected chi connectivity index (χ0v) is 6.58. The summed E-state index contributed by atoms with van der Waals surface area (Å²) in [4.78, 5) is 6.94. The predicted octanol–water partition coefficient (Wildman–Crippen LogP) is 1.37. The molecule has 0 bridgehead atoms. The van der Waals surface area contributed by atoms with E-state index in [0.717, 1.165) is 6.33 Å². The lowest BCUT2D eigenvalue weighted by Crippen LogP contribution is -2.13. The second-order valence-corrected chi connectivity index (χ2v) is 2.31. The van der Waals surface area contributed by atoms with Crippen molar-refractivity contribution < 1.29 is 10.4 Å². The molecule has 0 amide bonds. The van der Waals surface area contributed by atoms with Crippen LogP contribution in [0.3, 0.4) is 0 Å². The maximum Gasteiger partial charge on any atom is 0.169 e. The number of hydrogen-bond donors (Lipinski definition) is 2. The quantitative estimate of drug-likeness (QED) is 0.524. The largest absolute Gasteiger partial charge is 0.264 e. The number of hydrogen-bond acceptors (Lipinski definition) is 5. The highest BCUT2D eigenvalue weighted by molar-refractivity contribution is 6.37. The number of anilines is 1. The van der Waals surface area contributed by atoms with Gasteiger partial charge in [0.2, 0.25) is 0 Å². The van der Waals surface area contributed by atoms with E-state index < -0.39 is 0 Å². The molecule has 5 nitrogen and oxygen atoms in total. The molecule has 1 aromatic rings. The van der Waals surface area contributed by atoms with Gasteiger partial charge in [-0.05, 0) is 0 Å². The Kier molecular flexibility index (Phi) is 2.45. The molecule has 0 aliphatic rings. The van der Waals surface area contributed by atoms with Crippen LogP contribution in [0.15, 0.2) is 6.33 Å². The molecule has 0 atom stereocenters. The molecule has 60 valence electrons. The lowest BCUT2D eigenvalue weighted by molar-refractivity contribution is 0.0289. The molecule has 1 rings (SSSR count). The summed E-state index contributed by atoms with van der Waals surface area (Å²) in [5.41, 5.74) is -0.240. The molecule has 0 aliphatic heterocycles. The van der Waals surface area contributed by atoms with Crippen molar-refractivity contribution in [1.82, 2.24) is 9.97 Å². The minimum absolute atomic E-state index is 0.130. The zero-order valence-electron chi connectivity index (χ0n) is 5.07. The monoisotopic (exact) mass is 195 g/mol. The van der Waals surface area contributed by atoms with Crippen LogP contribution in [-0.4, -0.2) is 20.4 Å².